The van der Waals surface area contributed by atoms with Crippen LogP contribution in [0.3, 0.4) is 0 Å². The number of hydrogen-bond acceptors (Lipinski definition) is 3. The van der Waals surface area contributed by atoms with Crippen LogP contribution in [0.25, 0.3) is 0 Å². The minimum absolute atomic E-state index is 0.195. The summed E-state index contributed by atoms with van der Waals surface area (Å²) in [6.45, 7) is 5.50. The predicted octanol–water partition coefficient (Wildman–Crippen LogP) is 1.22. The van der Waals surface area contributed by atoms with Gasteiger partial charge in [-0.3, -0.25) is 9.69 Å². The molecule has 0 aliphatic carbocycles. The van der Waals surface area contributed by atoms with Gasteiger partial charge in [0.1, 0.15) is 5.78 Å². The third-order valence-corrected chi connectivity index (χ3v) is 3.50. The average molecular weight is 197 g/mol. The van der Waals surface area contributed by atoms with E-state index in [0.29, 0.717) is 12.3 Å². The summed E-state index contributed by atoms with van der Waals surface area (Å²) in [7, 11) is 0. The molecule has 0 bridgehead atoms. The lowest BCUT2D eigenvalue weighted by Gasteiger charge is -2.36. The molecule has 80 valence electrons. The van der Waals surface area contributed by atoms with Crippen molar-refractivity contribution in [3.63, 3.8) is 0 Å². The highest BCUT2D eigenvalue weighted by Gasteiger charge is 2.42. The fourth-order valence-electron chi connectivity index (χ4n) is 2.70. The lowest BCUT2D eigenvalue weighted by Crippen LogP contribution is -2.48. The highest BCUT2D eigenvalue weighted by atomic mass is 16.5. The molecule has 0 spiro atoms. The molecule has 2 aliphatic heterocycles. The smallest absolute Gasteiger partial charge is 0.148 e. The number of carbonyl (C=O) groups excluding carboxylic acids is 1. The van der Waals surface area contributed by atoms with Gasteiger partial charge in [-0.05, 0) is 12.8 Å². The highest BCUT2D eigenvalue weighted by Crippen LogP contribution is 2.32. The van der Waals surface area contributed by atoms with Gasteiger partial charge < -0.3 is 4.74 Å². The lowest BCUT2D eigenvalue weighted by atomic mass is 9.91. The van der Waals surface area contributed by atoms with Crippen molar-refractivity contribution < 1.29 is 9.53 Å². The SMILES string of the molecule is CCCC1(N2CCC(=O)C2)CCOC1. The fourth-order valence-corrected chi connectivity index (χ4v) is 2.70. The van der Waals surface area contributed by atoms with Gasteiger partial charge in [0.15, 0.2) is 0 Å². The number of Topliss-reactive ketones (excluding diaryl/α,β-unsaturated/α-hetero) is 1. The van der Waals surface area contributed by atoms with Gasteiger partial charge in [0, 0.05) is 25.1 Å². The van der Waals surface area contributed by atoms with E-state index in [2.05, 4.69) is 11.8 Å². The molecule has 2 saturated heterocycles. The summed E-state index contributed by atoms with van der Waals surface area (Å²) < 4.78 is 5.51. The van der Waals surface area contributed by atoms with E-state index < -0.39 is 0 Å². The molecule has 0 radical (unpaired) electrons. The molecule has 0 aromatic heterocycles. The van der Waals surface area contributed by atoms with Crippen molar-refractivity contribution in [3.05, 3.63) is 0 Å². The van der Waals surface area contributed by atoms with Gasteiger partial charge in [-0.25, -0.2) is 0 Å². The molecule has 2 rings (SSSR count). The monoisotopic (exact) mass is 197 g/mol. The summed E-state index contributed by atoms with van der Waals surface area (Å²) in [4.78, 5) is 13.6. The standard InChI is InChI=1S/C11H19NO2/c1-2-4-11(5-7-14-9-11)12-6-3-10(13)8-12/h2-9H2,1H3. The summed E-state index contributed by atoms with van der Waals surface area (Å²) in [6, 6.07) is 0. The van der Waals surface area contributed by atoms with E-state index in [1.807, 2.05) is 0 Å². The van der Waals surface area contributed by atoms with Crippen molar-refractivity contribution in [1.29, 1.82) is 0 Å². The molecule has 0 aromatic rings. The molecule has 3 nitrogen and oxygen atoms in total. The largest absolute Gasteiger partial charge is 0.379 e. The second-order valence-corrected chi connectivity index (χ2v) is 4.49. The predicted molar refractivity (Wildman–Crippen MR) is 54.3 cm³/mol. The van der Waals surface area contributed by atoms with Gasteiger partial charge in [0.25, 0.3) is 0 Å². The Morgan fingerprint density at radius 1 is 1.57 bits per heavy atom. The zero-order valence-electron chi connectivity index (χ0n) is 8.92. The minimum atomic E-state index is 0.195. The molecule has 0 aromatic carbocycles. The van der Waals surface area contributed by atoms with Crippen molar-refractivity contribution in [1.82, 2.24) is 4.90 Å². The molecule has 14 heavy (non-hydrogen) atoms. The second-order valence-electron chi connectivity index (χ2n) is 4.49. The van der Waals surface area contributed by atoms with E-state index in [4.69, 9.17) is 4.74 Å². The second kappa shape index (κ2) is 3.99. The topological polar surface area (TPSA) is 29.5 Å². The van der Waals surface area contributed by atoms with E-state index in [1.165, 1.54) is 12.8 Å². The first-order chi connectivity index (χ1) is 6.77. The van der Waals surface area contributed by atoms with Crippen LogP contribution < -0.4 is 0 Å². The molecule has 0 N–H and O–H groups in total. The molecular formula is C11H19NO2. The van der Waals surface area contributed by atoms with Crippen LogP contribution in [0.5, 0.6) is 0 Å². The number of likely N-dealkylation sites (tertiary alicyclic amines) is 1. The first-order valence-electron chi connectivity index (χ1n) is 5.61. The summed E-state index contributed by atoms with van der Waals surface area (Å²) in [6.07, 6.45) is 4.19. The van der Waals surface area contributed by atoms with Gasteiger partial charge in [-0.1, -0.05) is 13.3 Å². The van der Waals surface area contributed by atoms with Gasteiger partial charge in [-0.15, -0.1) is 0 Å². The molecule has 1 unspecified atom stereocenters. The van der Waals surface area contributed by atoms with Gasteiger partial charge >= 0.3 is 0 Å². The minimum Gasteiger partial charge on any atom is -0.379 e. The number of nitrogens with zero attached hydrogens (tertiary/aromatic N) is 1. The molecular weight excluding hydrogens is 178 g/mol. The van der Waals surface area contributed by atoms with Gasteiger partial charge in [0.05, 0.1) is 13.2 Å². The Kier molecular flexibility index (Phi) is 2.88. The maximum atomic E-state index is 11.3. The zero-order valence-corrected chi connectivity index (χ0v) is 8.92. The Labute approximate surface area is 85.4 Å². The van der Waals surface area contributed by atoms with Crippen LogP contribution in [0, 0.1) is 0 Å². The van der Waals surface area contributed by atoms with E-state index >= 15 is 0 Å². The van der Waals surface area contributed by atoms with E-state index in [-0.39, 0.29) is 5.54 Å². The Balaban J connectivity index is 2.06. The molecule has 1 atom stereocenters. The lowest BCUT2D eigenvalue weighted by molar-refractivity contribution is -0.117. The van der Waals surface area contributed by atoms with Crippen molar-refractivity contribution in [2.75, 3.05) is 26.3 Å². The van der Waals surface area contributed by atoms with Crippen LogP contribution in [0.4, 0.5) is 0 Å². The Morgan fingerprint density at radius 2 is 2.43 bits per heavy atom. The molecule has 0 amide bonds. The summed E-state index contributed by atoms with van der Waals surface area (Å²) >= 11 is 0. The van der Waals surface area contributed by atoms with E-state index in [0.717, 1.165) is 32.6 Å². The first kappa shape index (κ1) is 10.1. The van der Waals surface area contributed by atoms with Gasteiger partial charge in [0.2, 0.25) is 0 Å². The van der Waals surface area contributed by atoms with Gasteiger partial charge in [-0.2, -0.15) is 0 Å². The number of carbonyl (C=O) groups is 1. The molecule has 3 heteroatoms. The Hall–Kier alpha value is -0.410. The van der Waals surface area contributed by atoms with Crippen molar-refractivity contribution in [2.24, 2.45) is 0 Å². The van der Waals surface area contributed by atoms with Crippen LogP contribution in [-0.2, 0) is 9.53 Å². The quantitative estimate of drug-likeness (QED) is 0.681. The average Bonchev–Trinajstić information content (AvgIpc) is 2.75. The van der Waals surface area contributed by atoms with E-state index in [1.54, 1.807) is 0 Å². The third kappa shape index (κ3) is 1.71. The summed E-state index contributed by atoms with van der Waals surface area (Å²) in [5.74, 6) is 0.396. The third-order valence-electron chi connectivity index (χ3n) is 3.50. The summed E-state index contributed by atoms with van der Waals surface area (Å²) in [5.41, 5.74) is 0.195. The van der Waals surface area contributed by atoms with E-state index in [9.17, 15) is 4.79 Å². The van der Waals surface area contributed by atoms with Crippen molar-refractivity contribution in [3.8, 4) is 0 Å². The number of hydrogen-bond donors (Lipinski definition) is 0. The van der Waals surface area contributed by atoms with Crippen molar-refractivity contribution in [2.45, 2.75) is 38.1 Å². The molecule has 0 saturated carbocycles. The van der Waals surface area contributed by atoms with Crippen molar-refractivity contribution >= 4 is 5.78 Å². The molecule has 2 aliphatic rings. The Bertz CT molecular complexity index is 221. The van der Waals surface area contributed by atoms with Crippen LogP contribution >= 0.6 is 0 Å². The Morgan fingerprint density at radius 3 is 2.93 bits per heavy atom. The number of ketones is 1. The van der Waals surface area contributed by atoms with Crippen LogP contribution in [0.1, 0.15) is 32.6 Å². The van der Waals surface area contributed by atoms with Crippen LogP contribution in [-0.4, -0.2) is 42.5 Å². The highest BCUT2D eigenvalue weighted by molar-refractivity contribution is 5.82. The normalized spacial score (nSPS) is 34.2. The molecule has 2 fully saturated rings. The number of rotatable bonds is 3. The zero-order chi connectivity index (χ0) is 10.0. The fraction of sp³-hybridized carbons (Fsp3) is 0.909. The summed E-state index contributed by atoms with van der Waals surface area (Å²) in [5, 5.41) is 0. The van der Waals surface area contributed by atoms with Crippen LogP contribution in [0.2, 0.25) is 0 Å². The maximum absolute atomic E-state index is 11.3. The van der Waals surface area contributed by atoms with Crippen LogP contribution in [0.15, 0.2) is 0 Å². The maximum Gasteiger partial charge on any atom is 0.148 e. The number of ether oxygens (including phenoxy) is 1. The first-order valence-corrected chi connectivity index (χ1v) is 5.61. The molecule has 2 heterocycles.